The number of methoxy groups -OCH3 is 1. The van der Waals surface area contributed by atoms with Gasteiger partial charge in [-0.3, -0.25) is 0 Å². The van der Waals surface area contributed by atoms with Crippen molar-refractivity contribution in [2.75, 3.05) is 7.11 Å². The van der Waals surface area contributed by atoms with Crippen LogP contribution >= 0.6 is 12.4 Å². The third-order valence-electron chi connectivity index (χ3n) is 3.75. The zero-order valence-corrected chi connectivity index (χ0v) is 11.6. The average Bonchev–Trinajstić information content (AvgIpc) is 2.39. The summed E-state index contributed by atoms with van der Waals surface area (Å²) in [5.41, 5.74) is 7.11. The summed E-state index contributed by atoms with van der Waals surface area (Å²) in [6.45, 7) is 0. The Morgan fingerprint density at radius 2 is 1.94 bits per heavy atom. The molecule has 1 aromatic carbocycles. The predicted octanol–water partition coefficient (Wildman–Crippen LogP) is 3.40. The van der Waals surface area contributed by atoms with E-state index in [9.17, 15) is 5.11 Å². The molecule has 1 aliphatic rings. The van der Waals surface area contributed by atoms with Crippen molar-refractivity contribution in [1.82, 2.24) is 0 Å². The van der Waals surface area contributed by atoms with Crippen LogP contribution in [0.4, 0.5) is 0 Å². The third kappa shape index (κ3) is 3.30. The van der Waals surface area contributed by atoms with Gasteiger partial charge in [-0.2, -0.15) is 0 Å². The SMILES string of the molecule is COc1ccc([C@@H](N)C2CCCCC2)c(O)c1.Cl. The van der Waals surface area contributed by atoms with Crippen LogP contribution in [0.2, 0.25) is 0 Å². The summed E-state index contributed by atoms with van der Waals surface area (Å²) in [6.07, 6.45) is 6.18. The third-order valence-corrected chi connectivity index (χ3v) is 3.75. The van der Waals surface area contributed by atoms with Crippen LogP contribution in [0.1, 0.15) is 43.7 Å². The minimum atomic E-state index is -0.0544. The molecule has 1 atom stereocenters. The maximum atomic E-state index is 9.96. The van der Waals surface area contributed by atoms with Crippen LogP contribution in [-0.2, 0) is 0 Å². The number of ether oxygens (including phenoxy) is 1. The Hall–Kier alpha value is -0.930. The first-order valence-electron chi connectivity index (χ1n) is 6.35. The van der Waals surface area contributed by atoms with Gasteiger partial charge in [-0.25, -0.2) is 0 Å². The first kappa shape index (κ1) is 15.1. The van der Waals surface area contributed by atoms with Gasteiger partial charge in [0.15, 0.2) is 0 Å². The summed E-state index contributed by atoms with van der Waals surface area (Å²) < 4.78 is 5.07. The highest BCUT2D eigenvalue weighted by molar-refractivity contribution is 5.85. The fourth-order valence-electron chi connectivity index (χ4n) is 2.68. The van der Waals surface area contributed by atoms with Crippen LogP contribution in [0, 0.1) is 5.92 Å². The van der Waals surface area contributed by atoms with Crippen LogP contribution in [-0.4, -0.2) is 12.2 Å². The number of rotatable bonds is 3. The zero-order chi connectivity index (χ0) is 12.3. The lowest BCUT2D eigenvalue weighted by Crippen LogP contribution is -2.23. The van der Waals surface area contributed by atoms with E-state index in [1.807, 2.05) is 12.1 Å². The Balaban J connectivity index is 0.00000162. The van der Waals surface area contributed by atoms with Gasteiger partial charge in [-0.15, -0.1) is 12.4 Å². The second kappa shape index (κ2) is 6.86. The molecule has 1 aromatic rings. The molecule has 1 aliphatic carbocycles. The summed E-state index contributed by atoms with van der Waals surface area (Å²) >= 11 is 0. The number of benzene rings is 1. The van der Waals surface area contributed by atoms with Gasteiger partial charge in [0.1, 0.15) is 11.5 Å². The number of phenols is 1. The Bertz CT molecular complexity index is 378. The molecule has 0 saturated heterocycles. The monoisotopic (exact) mass is 271 g/mol. The van der Waals surface area contributed by atoms with Crippen molar-refractivity contribution in [3.05, 3.63) is 23.8 Å². The van der Waals surface area contributed by atoms with Crippen molar-refractivity contribution in [3.63, 3.8) is 0 Å². The van der Waals surface area contributed by atoms with E-state index in [1.54, 1.807) is 13.2 Å². The van der Waals surface area contributed by atoms with Crippen LogP contribution in [0.25, 0.3) is 0 Å². The Morgan fingerprint density at radius 3 is 2.50 bits per heavy atom. The van der Waals surface area contributed by atoms with Crippen LogP contribution in [0.5, 0.6) is 11.5 Å². The highest BCUT2D eigenvalue weighted by atomic mass is 35.5. The fourth-order valence-corrected chi connectivity index (χ4v) is 2.68. The van der Waals surface area contributed by atoms with Crippen molar-refractivity contribution < 1.29 is 9.84 Å². The molecule has 0 heterocycles. The molecule has 3 N–H and O–H groups in total. The molecule has 0 amide bonds. The summed E-state index contributed by atoms with van der Waals surface area (Å²) in [5.74, 6) is 1.42. The van der Waals surface area contributed by atoms with E-state index in [2.05, 4.69) is 0 Å². The predicted molar refractivity (Wildman–Crippen MR) is 75.4 cm³/mol. The lowest BCUT2D eigenvalue weighted by molar-refractivity contribution is 0.302. The maximum absolute atomic E-state index is 9.96. The van der Waals surface area contributed by atoms with Gasteiger partial charge in [0.25, 0.3) is 0 Å². The largest absolute Gasteiger partial charge is 0.507 e. The topological polar surface area (TPSA) is 55.5 Å². The molecule has 2 rings (SSSR count). The van der Waals surface area contributed by atoms with Gasteiger partial charge in [0.2, 0.25) is 0 Å². The molecule has 0 unspecified atom stereocenters. The Kier molecular flexibility index (Phi) is 5.76. The normalized spacial score (nSPS) is 17.9. The van der Waals surface area contributed by atoms with Gasteiger partial charge < -0.3 is 15.6 Å². The van der Waals surface area contributed by atoms with Crippen molar-refractivity contribution in [3.8, 4) is 11.5 Å². The molecule has 102 valence electrons. The van der Waals surface area contributed by atoms with E-state index in [1.165, 1.54) is 32.1 Å². The van der Waals surface area contributed by atoms with E-state index < -0.39 is 0 Å². The van der Waals surface area contributed by atoms with E-state index in [4.69, 9.17) is 10.5 Å². The van der Waals surface area contributed by atoms with Gasteiger partial charge in [-0.1, -0.05) is 25.3 Å². The highest BCUT2D eigenvalue weighted by Crippen LogP contribution is 2.37. The van der Waals surface area contributed by atoms with Gasteiger partial charge in [0.05, 0.1) is 7.11 Å². The molecule has 0 aliphatic heterocycles. The van der Waals surface area contributed by atoms with Crippen LogP contribution in [0.15, 0.2) is 18.2 Å². The van der Waals surface area contributed by atoms with E-state index >= 15 is 0 Å². The van der Waals surface area contributed by atoms with Gasteiger partial charge >= 0.3 is 0 Å². The summed E-state index contributed by atoms with van der Waals surface area (Å²) in [5, 5.41) is 9.96. The molecule has 0 aromatic heterocycles. The summed E-state index contributed by atoms with van der Waals surface area (Å²) in [7, 11) is 1.59. The molecule has 3 nitrogen and oxygen atoms in total. The lowest BCUT2D eigenvalue weighted by atomic mass is 9.81. The van der Waals surface area contributed by atoms with Gasteiger partial charge in [0, 0.05) is 17.7 Å². The number of hydrogen-bond acceptors (Lipinski definition) is 3. The first-order valence-corrected chi connectivity index (χ1v) is 6.35. The molecular formula is C14H22ClNO2. The molecule has 0 radical (unpaired) electrons. The van der Waals surface area contributed by atoms with E-state index in [0.717, 1.165) is 5.56 Å². The Morgan fingerprint density at radius 1 is 1.28 bits per heavy atom. The van der Waals surface area contributed by atoms with E-state index in [0.29, 0.717) is 11.7 Å². The number of nitrogens with two attached hydrogens (primary N) is 1. The second-order valence-electron chi connectivity index (χ2n) is 4.85. The molecule has 4 heteroatoms. The smallest absolute Gasteiger partial charge is 0.124 e. The van der Waals surface area contributed by atoms with Crippen molar-refractivity contribution in [2.24, 2.45) is 11.7 Å². The first-order chi connectivity index (χ1) is 8.22. The fraction of sp³-hybridized carbons (Fsp3) is 0.571. The number of aromatic hydroxyl groups is 1. The zero-order valence-electron chi connectivity index (χ0n) is 10.8. The van der Waals surface area contributed by atoms with Crippen LogP contribution < -0.4 is 10.5 Å². The van der Waals surface area contributed by atoms with E-state index in [-0.39, 0.29) is 24.2 Å². The van der Waals surface area contributed by atoms with Gasteiger partial charge in [-0.05, 0) is 24.8 Å². The van der Waals surface area contributed by atoms with Crippen molar-refractivity contribution in [1.29, 1.82) is 0 Å². The second-order valence-corrected chi connectivity index (χ2v) is 4.85. The standard InChI is InChI=1S/C14H21NO2.ClH/c1-17-11-7-8-12(13(16)9-11)14(15)10-5-3-2-4-6-10;/h7-10,14,16H,2-6,15H2,1H3;1H/t14-;/m0./s1. The Labute approximate surface area is 115 Å². The lowest BCUT2D eigenvalue weighted by Gasteiger charge is -2.28. The van der Waals surface area contributed by atoms with Crippen LogP contribution in [0.3, 0.4) is 0 Å². The number of phenolic OH excluding ortho intramolecular Hbond substituents is 1. The average molecular weight is 272 g/mol. The summed E-state index contributed by atoms with van der Waals surface area (Å²) in [4.78, 5) is 0. The molecular weight excluding hydrogens is 250 g/mol. The number of hydrogen-bond donors (Lipinski definition) is 2. The maximum Gasteiger partial charge on any atom is 0.124 e. The molecule has 18 heavy (non-hydrogen) atoms. The van der Waals surface area contributed by atoms with Crippen molar-refractivity contribution in [2.45, 2.75) is 38.1 Å². The minimum absolute atomic E-state index is 0. The molecule has 1 saturated carbocycles. The molecule has 1 fully saturated rings. The summed E-state index contributed by atoms with van der Waals surface area (Å²) in [6, 6.07) is 5.32. The minimum Gasteiger partial charge on any atom is -0.507 e. The number of halogens is 1. The highest BCUT2D eigenvalue weighted by Gasteiger charge is 2.23. The van der Waals surface area contributed by atoms with Crippen molar-refractivity contribution >= 4 is 12.4 Å². The quantitative estimate of drug-likeness (QED) is 0.886. The molecule has 0 bridgehead atoms. The molecule has 0 spiro atoms.